The van der Waals surface area contributed by atoms with Crippen molar-refractivity contribution in [2.75, 3.05) is 18.1 Å². The van der Waals surface area contributed by atoms with Crippen LogP contribution in [-0.2, 0) is 6.42 Å². The first-order valence-electron chi connectivity index (χ1n) is 6.42. The van der Waals surface area contributed by atoms with Gasteiger partial charge in [-0.3, -0.25) is 0 Å². The highest BCUT2D eigenvalue weighted by Gasteiger charge is 2.11. The normalized spacial score (nSPS) is 12.7. The van der Waals surface area contributed by atoms with Crippen molar-refractivity contribution in [2.24, 2.45) is 0 Å². The van der Waals surface area contributed by atoms with Gasteiger partial charge in [0.25, 0.3) is 0 Å². The average Bonchev–Trinajstić information content (AvgIpc) is 2.33. The summed E-state index contributed by atoms with van der Waals surface area (Å²) in [4.78, 5) is 0. The molecule has 1 aromatic carbocycles. The molecule has 4 heteroatoms. The van der Waals surface area contributed by atoms with Crippen molar-refractivity contribution in [3.05, 3.63) is 33.3 Å². The molecule has 1 atom stereocenters. The maximum atomic E-state index is 6.27. The first-order valence-corrected chi connectivity index (χ1v) is 8.75. The van der Waals surface area contributed by atoms with Gasteiger partial charge in [0.05, 0.1) is 0 Å². The molecule has 0 aromatic heterocycles. The summed E-state index contributed by atoms with van der Waals surface area (Å²) < 4.78 is 1.04. The van der Waals surface area contributed by atoms with Gasteiger partial charge in [0, 0.05) is 21.3 Å². The van der Waals surface area contributed by atoms with E-state index in [-0.39, 0.29) is 0 Å². The standard InChI is InChI=1S/C14H21BrClNS/c1-3-7-18-10-13(17-4-2)8-11-5-6-12(15)9-14(11)16/h5-6,9,13,17H,3-4,7-8,10H2,1-2H3. The average molecular weight is 351 g/mol. The second-order valence-electron chi connectivity index (χ2n) is 4.27. The Morgan fingerprint density at radius 2 is 2.17 bits per heavy atom. The fourth-order valence-electron chi connectivity index (χ4n) is 1.80. The molecule has 1 nitrogen and oxygen atoms in total. The molecule has 0 heterocycles. The van der Waals surface area contributed by atoms with Crippen LogP contribution in [0, 0.1) is 0 Å². The minimum absolute atomic E-state index is 0.505. The zero-order valence-electron chi connectivity index (χ0n) is 11.0. The van der Waals surface area contributed by atoms with Crippen LogP contribution in [0.25, 0.3) is 0 Å². The third kappa shape index (κ3) is 5.96. The largest absolute Gasteiger partial charge is 0.313 e. The van der Waals surface area contributed by atoms with E-state index >= 15 is 0 Å². The van der Waals surface area contributed by atoms with Crippen LogP contribution in [0.15, 0.2) is 22.7 Å². The van der Waals surface area contributed by atoms with Crippen LogP contribution in [0.1, 0.15) is 25.8 Å². The fourth-order valence-corrected chi connectivity index (χ4v) is 3.53. The monoisotopic (exact) mass is 349 g/mol. The lowest BCUT2D eigenvalue weighted by molar-refractivity contribution is 0.572. The van der Waals surface area contributed by atoms with Gasteiger partial charge in [0.2, 0.25) is 0 Å². The van der Waals surface area contributed by atoms with Gasteiger partial charge in [-0.2, -0.15) is 11.8 Å². The molecule has 0 spiro atoms. The number of hydrogen-bond acceptors (Lipinski definition) is 2. The summed E-state index contributed by atoms with van der Waals surface area (Å²) in [6, 6.07) is 6.65. The SMILES string of the molecule is CCCSCC(Cc1ccc(Br)cc1Cl)NCC. The van der Waals surface area contributed by atoms with E-state index in [1.807, 2.05) is 17.8 Å². The Balaban J connectivity index is 2.58. The van der Waals surface area contributed by atoms with Crippen LogP contribution in [0.5, 0.6) is 0 Å². The van der Waals surface area contributed by atoms with Crippen LogP contribution < -0.4 is 5.32 Å². The topological polar surface area (TPSA) is 12.0 Å². The van der Waals surface area contributed by atoms with E-state index in [0.717, 1.165) is 28.2 Å². The fraction of sp³-hybridized carbons (Fsp3) is 0.571. The zero-order valence-corrected chi connectivity index (χ0v) is 14.2. The van der Waals surface area contributed by atoms with Crippen LogP contribution in [0.3, 0.4) is 0 Å². The lowest BCUT2D eigenvalue weighted by Crippen LogP contribution is -2.33. The van der Waals surface area contributed by atoms with E-state index in [9.17, 15) is 0 Å². The Morgan fingerprint density at radius 1 is 1.39 bits per heavy atom. The van der Waals surface area contributed by atoms with Crippen LogP contribution in [0.2, 0.25) is 5.02 Å². The lowest BCUT2D eigenvalue weighted by Gasteiger charge is -2.18. The van der Waals surface area contributed by atoms with E-state index < -0.39 is 0 Å². The maximum absolute atomic E-state index is 6.27. The van der Waals surface area contributed by atoms with Crippen molar-refractivity contribution in [1.82, 2.24) is 5.32 Å². The number of thioether (sulfide) groups is 1. The Kier molecular flexibility index (Phi) is 8.40. The van der Waals surface area contributed by atoms with Gasteiger partial charge in [-0.25, -0.2) is 0 Å². The summed E-state index contributed by atoms with van der Waals surface area (Å²) in [5.41, 5.74) is 1.22. The Bertz CT molecular complexity index is 360. The summed E-state index contributed by atoms with van der Waals surface area (Å²) in [7, 11) is 0. The number of benzene rings is 1. The van der Waals surface area contributed by atoms with Crippen molar-refractivity contribution in [3.63, 3.8) is 0 Å². The number of likely N-dealkylation sites (N-methyl/N-ethyl adjacent to an activating group) is 1. The van der Waals surface area contributed by atoms with Crippen LogP contribution in [0.4, 0.5) is 0 Å². The molecular formula is C14H21BrClNS. The molecule has 0 saturated carbocycles. The van der Waals surface area contributed by atoms with Crippen molar-refractivity contribution in [2.45, 2.75) is 32.7 Å². The van der Waals surface area contributed by atoms with E-state index in [1.165, 1.54) is 17.7 Å². The third-order valence-corrected chi connectivity index (χ3v) is 4.82. The molecule has 0 fully saturated rings. The van der Waals surface area contributed by atoms with Crippen molar-refractivity contribution >= 4 is 39.3 Å². The highest BCUT2D eigenvalue weighted by Crippen LogP contribution is 2.23. The maximum Gasteiger partial charge on any atom is 0.0449 e. The van der Waals surface area contributed by atoms with Crippen LogP contribution >= 0.6 is 39.3 Å². The molecule has 0 radical (unpaired) electrons. The van der Waals surface area contributed by atoms with E-state index in [2.05, 4.69) is 47.2 Å². The first kappa shape index (κ1) is 16.4. The Labute approximate surface area is 128 Å². The van der Waals surface area contributed by atoms with E-state index in [1.54, 1.807) is 0 Å². The van der Waals surface area contributed by atoms with Crippen molar-refractivity contribution < 1.29 is 0 Å². The van der Waals surface area contributed by atoms with E-state index in [4.69, 9.17) is 11.6 Å². The number of halogens is 2. The second kappa shape index (κ2) is 9.24. The van der Waals surface area contributed by atoms with Gasteiger partial charge in [-0.1, -0.05) is 47.4 Å². The highest BCUT2D eigenvalue weighted by molar-refractivity contribution is 9.10. The van der Waals surface area contributed by atoms with E-state index in [0.29, 0.717) is 6.04 Å². The highest BCUT2D eigenvalue weighted by atomic mass is 79.9. The summed E-state index contributed by atoms with van der Waals surface area (Å²) in [5, 5.41) is 4.40. The minimum atomic E-state index is 0.505. The van der Waals surface area contributed by atoms with Gasteiger partial charge in [0.1, 0.15) is 0 Å². The second-order valence-corrected chi connectivity index (χ2v) is 6.74. The molecule has 0 aliphatic heterocycles. The molecule has 0 amide bonds. The molecule has 0 aliphatic rings. The molecule has 1 aromatic rings. The molecule has 18 heavy (non-hydrogen) atoms. The number of hydrogen-bond donors (Lipinski definition) is 1. The number of nitrogens with one attached hydrogen (secondary N) is 1. The number of rotatable bonds is 8. The predicted octanol–water partition coefficient (Wildman–Crippen LogP) is 4.77. The summed E-state index contributed by atoms with van der Waals surface area (Å²) in [6.45, 7) is 5.38. The van der Waals surface area contributed by atoms with Crippen molar-refractivity contribution in [3.8, 4) is 0 Å². The molecule has 0 saturated heterocycles. The summed E-state index contributed by atoms with van der Waals surface area (Å²) in [6.07, 6.45) is 2.24. The molecule has 1 unspecified atom stereocenters. The third-order valence-electron chi connectivity index (χ3n) is 2.64. The van der Waals surface area contributed by atoms with Gasteiger partial charge < -0.3 is 5.32 Å². The van der Waals surface area contributed by atoms with Gasteiger partial charge in [-0.15, -0.1) is 0 Å². The minimum Gasteiger partial charge on any atom is -0.313 e. The molecule has 1 N–H and O–H groups in total. The molecule has 1 rings (SSSR count). The van der Waals surface area contributed by atoms with Gasteiger partial charge in [0.15, 0.2) is 0 Å². The zero-order chi connectivity index (χ0) is 13.4. The molecule has 0 aliphatic carbocycles. The molecule has 102 valence electrons. The Hall–Kier alpha value is 0.300. The molecule has 0 bridgehead atoms. The smallest absolute Gasteiger partial charge is 0.0449 e. The Morgan fingerprint density at radius 3 is 2.78 bits per heavy atom. The summed E-state index contributed by atoms with van der Waals surface area (Å²) in [5.74, 6) is 2.38. The first-order chi connectivity index (χ1) is 8.67. The van der Waals surface area contributed by atoms with Gasteiger partial charge >= 0.3 is 0 Å². The lowest BCUT2D eigenvalue weighted by atomic mass is 10.1. The van der Waals surface area contributed by atoms with Gasteiger partial charge in [-0.05, 0) is 42.8 Å². The predicted molar refractivity (Wildman–Crippen MR) is 87.9 cm³/mol. The van der Waals surface area contributed by atoms with Crippen LogP contribution in [-0.4, -0.2) is 24.1 Å². The van der Waals surface area contributed by atoms with Crippen molar-refractivity contribution in [1.29, 1.82) is 0 Å². The molecular weight excluding hydrogens is 330 g/mol. The quantitative estimate of drug-likeness (QED) is 0.678. The summed E-state index contributed by atoms with van der Waals surface area (Å²) >= 11 is 11.7.